The lowest BCUT2D eigenvalue weighted by Gasteiger charge is -2.32. The molecule has 2 N–H and O–H groups in total. The van der Waals surface area contributed by atoms with Gasteiger partial charge in [0.25, 0.3) is 5.91 Å². The first-order valence-electron chi connectivity index (χ1n) is 11.5. The number of aryl methyl sites for hydroxylation is 1. The number of aromatic nitrogens is 1. The number of benzene rings is 1. The Hall–Kier alpha value is -2.41. The normalized spacial score (nSPS) is 17.2. The first kappa shape index (κ1) is 25.7. The number of carbonyl (C=O) groups is 1. The maximum absolute atomic E-state index is 13.0. The number of furan rings is 1. The largest absolute Gasteiger partial charge is 0.497 e. The van der Waals surface area contributed by atoms with Crippen molar-refractivity contribution in [2.24, 2.45) is 0 Å². The molecule has 1 aromatic carbocycles. The van der Waals surface area contributed by atoms with Crippen LogP contribution in [0.2, 0.25) is 0 Å². The number of rotatable bonds is 7. The van der Waals surface area contributed by atoms with Gasteiger partial charge in [-0.2, -0.15) is 0 Å². The number of nitrogens with zero attached hydrogens (tertiary/aromatic N) is 1. The quantitative estimate of drug-likeness (QED) is 0.458. The minimum atomic E-state index is -3.62. The Morgan fingerprint density at radius 1 is 1.14 bits per heavy atom. The van der Waals surface area contributed by atoms with E-state index in [-0.39, 0.29) is 17.3 Å². The predicted molar refractivity (Wildman–Crippen MR) is 139 cm³/mol. The van der Waals surface area contributed by atoms with Gasteiger partial charge in [0.2, 0.25) is 10.0 Å². The molecule has 1 aliphatic rings. The molecule has 12 heteroatoms. The van der Waals surface area contributed by atoms with Crippen LogP contribution >= 0.6 is 11.3 Å². The van der Waals surface area contributed by atoms with Crippen molar-refractivity contribution in [3.8, 4) is 10.6 Å². The summed E-state index contributed by atoms with van der Waals surface area (Å²) < 4.78 is 46.3. The van der Waals surface area contributed by atoms with E-state index in [0.717, 1.165) is 11.4 Å². The number of anilines is 1. The summed E-state index contributed by atoms with van der Waals surface area (Å²) in [4.78, 5) is 18.1. The van der Waals surface area contributed by atoms with Crippen LogP contribution in [0.1, 0.15) is 56.9 Å². The summed E-state index contributed by atoms with van der Waals surface area (Å²) in [7, 11) is -2.92. The number of sulfonamides is 1. The molecule has 3 aromatic rings. The number of hydrogen-bond acceptors (Lipinski definition) is 8. The Labute approximate surface area is 209 Å². The van der Waals surface area contributed by atoms with Gasteiger partial charge in [0.1, 0.15) is 5.58 Å². The molecule has 188 valence electrons. The van der Waals surface area contributed by atoms with E-state index in [2.05, 4.69) is 15.0 Å². The summed E-state index contributed by atoms with van der Waals surface area (Å²) in [6.45, 7) is 11.2. The van der Waals surface area contributed by atoms with Crippen LogP contribution in [0.5, 0.6) is 0 Å². The molecule has 35 heavy (non-hydrogen) atoms. The molecule has 2 aromatic heterocycles. The van der Waals surface area contributed by atoms with Crippen LogP contribution in [-0.2, 0) is 25.8 Å². The Kier molecular flexibility index (Phi) is 6.54. The SMILES string of the molecule is CCc1ncc(-c2oc3cc(NS(=O)(=O)CC)c(B4OC(C)(C)C(C)(C)O4)cc3c2C(=O)NC)s1. The molecular formula is C23H30BN3O6S2. The highest BCUT2D eigenvalue weighted by Gasteiger charge is 2.52. The van der Waals surface area contributed by atoms with Crippen molar-refractivity contribution < 1.29 is 26.9 Å². The van der Waals surface area contributed by atoms with E-state index in [4.69, 9.17) is 13.7 Å². The van der Waals surface area contributed by atoms with Crippen LogP contribution in [0.3, 0.4) is 0 Å². The second-order valence-electron chi connectivity index (χ2n) is 9.39. The summed E-state index contributed by atoms with van der Waals surface area (Å²) in [6.07, 6.45) is 2.44. The molecule has 0 spiro atoms. The fourth-order valence-corrected chi connectivity index (χ4v) is 5.26. The predicted octanol–water partition coefficient (Wildman–Crippen LogP) is 3.54. The third-order valence-electron chi connectivity index (χ3n) is 6.55. The standard InChI is InChI=1S/C23H30BN3O6S2/c1-8-18-26-12-17(34-18)20-19(21(28)25-7)13-10-14(24-32-22(3,4)23(5,6)33-24)15(11-16(13)31-20)27-35(29,30)9-2/h10-12,27H,8-9H2,1-7H3,(H,25,28). The lowest BCUT2D eigenvalue weighted by Crippen LogP contribution is -2.41. The van der Waals surface area contributed by atoms with Crippen molar-refractivity contribution in [3.05, 3.63) is 28.9 Å². The minimum Gasteiger partial charge on any atom is -0.454 e. The van der Waals surface area contributed by atoms with E-state index in [1.54, 1.807) is 32.3 Å². The maximum Gasteiger partial charge on any atom is 0.497 e. The van der Waals surface area contributed by atoms with Gasteiger partial charge in [-0.3, -0.25) is 9.52 Å². The zero-order valence-electron chi connectivity index (χ0n) is 20.9. The molecule has 3 heterocycles. The Bertz CT molecular complexity index is 1380. The summed E-state index contributed by atoms with van der Waals surface area (Å²) in [5, 5.41) is 4.12. The molecule has 0 saturated carbocycles. The van der Waals surface area contributed by atoms with E-state index in [0.29, 0.717) is 32.6 Å². The van der Waals surface area contributed by atoms with Crippen LogP contribution in [-0.4, -0.2) is 50.4 Å². The van der Waals surface area contributed by atoms with Gasteiger partial charge in [-0.15, -0.1) is 11.3 Å². The molecule has 1 saturated heterocycles. The average molecular weight is 519 g/mol. The molecule has 1 fully saturated rings. The zero-order chi connectivity index (χ0) is 25.8. The Morgan fingerprint density at radius 2 is 1.80 bits per heavy atom. The monoisotopic (exact) mass is 519 g/mol. The van der Waals surface area contributed by atoms with Gasteiger partial charge in [-0.1, -0.05) is 6.92 Å². The maximum atomic E-state index is 13.0. The fraction of sp³-hybridized carbons (Fsp3) is 0.478. The number of nitrogens with one attached hydrogen (secondary N) is 2. The highest BCUT2D eigenvalue weighted by molar-refractivity contribution is 7.92. The van der Waals surface area contributed by atoms with Crippen LogP contribution < -0.4 is 15.5 Å². The molecule has 0 radical (unpaired) electrons. The zero-order valence-corrected chi connectivity index (χ0v) is 22.6. The number of hydrogen-bond donors (Lipinski definition) is 2. The molecule has 1 amide bonds. The highest BCUT2D eigenvalue weighted by Crippen LogP contribution is 2.40. The molecule has 4 rings (SSSR count). The topological polar surface area (TPSA) is 120 Å². The van der Waals surface area contributed by atoms with Crippen molar-refractivity contribution in [2.45, 2.75) is 59.2 Å². The van der Waals surface area contributed by atoms with E-state index in [9.17, 15) is 13.2 Å². The average Bonchev–Trinajstić information content (AvgIpc) is 3.46. The smallest absolute Gasteiger partial charge is 0.454 e. The molecule has 1 aliphatic heterocycles. The van der Waals surface area contributed by atoms with Gasteiger partial charge in [0, 0.05) is 30.2 Å². The van der Waals surface area contributed by atoms with Gasteiger partial charge < -0.3 is 19.0 Å². The first-order chi connectivity index (χ1) is 16.3. The number of fused-ring (bicyclic) bond motifs is 1. The van der Waals surface area contributed by atoms with Gasteiger partial charge in [0.15, 0.2) is 5.76 Å². The number of carbonyl (C=O) groups excluding carboxylic acids is 1. The number of amides is 1. The van der Waals surface area contributed by atoms with Gasteiger partial charge in [0.05, 0.1) is 38.1 Å². The van der Waals surface area contributed by atoms with Crippen molar-refractivity contribution in [2.75, 3.05) is 17.5 Å². The van der Waals surface area contributed by atoms with Gasteiger partial charge in [-0.25, -0.2) is 13.4 Å². The van der Waals surface area contributed by atoms with E-state index in [1.807, 2.05) is 34.6 Å². The van der Waals surface area contributed by atoms with Crippen molar-refractivity contribution in [3.63, 3.8) is 0 Å². The third kappa shape index (κ3) is 4.60. The van der Waals surface area contributed by atoms with Crippen LogP contribution in [0.25, 0.3) is 21.6 Å². The molecule has 0 bridgehead atoms. The molecular weight excluding hydrogens is 489 g/mol. The van der Waals surface area contributed by atoms with Crippen molar-refractivity contribution in [1.29, 1.82) is 0 Å². The fourth-order valence-electron chi connectivity index (χ4n) is 3.76. The lowest BCUT2D eigenvalue weighted by molar-refractivity contribution is 0.00578. The van der Waals surface area contributed by atoms with Crippen molar-refractivity contribution in [1.82, 2.24) is 10.3 Å². The van der Waals surface area contributed by atoms with E-state index < -0.39 is 28.3 Å². The summed E-state index contributed by atoms with van der Waals surface area (Å²) in [5.74, 6) is -0.0552. The van der Waals surface area contributed by atoms with E-state index in [1.165, 1.54) is 11.3 Å². The van der Waals surface area contributed by atoms with Gasteiger partial charge >= 0.3 is 7.12 Å². The second kappa shape index (κ2) is 8.92. The molecule has 0 aliphatic carbocycles. The lowest BCUT2D eigenvalue weighted by atomic mass is 9.77. The summed E-state index contributed by atoms with van der Waals surface area (Å²) in [5.41, 5.74) is 0.162. The minimum absolute atomic E-state index is 0.110. The summed E-state index contributed by atoms with van der Waals surface area (Å²) >= 11 is 1.44. The highest BCUT2D eigenvalue weighted by atomic mass is 32.2. The van der Waals surface area contributed by atoms with Crippen LogP contribution in [0.15, 0.2) is 22.7 Å². The number of thiazole rings is 1. The summed E-state index contributed by atoms with van der Waals surface area (Å²) in [6, 6.07) is 3.30. The third-order valence-corrected chi connectivity index (χ3v) is 8.98. The van der Waals surface area contributed by atoms with E-state index >= 15 is 0 Å². The van der Waals surface area contributed by atoms with Gasteiger partial charge in [-0.05, 0) is 47.1 Å². The molecule has 0 atom stereocenters. The molecule has 9 nitrogen and oxygen atoms in total. The molecule has 0 unspecified atom stereocenters. The second-order valence-corrected chi connectivity index (χ2v) is 12.5. The Balaban J connectivity index is 1.97. The first-order valence-corrected chi connectivity index (χ1v) is 13.9. The van der Waals surface area contributed by atoms with Crippen molar-refractivity contribution >= 4 is 56.5 Å². The van der Waals surface area contributed by atoms with Crippen LogP contribution in [0.4, 0.5) is 5.69 Å². The van der Waals surface area contributed by atoms with Crippen LogP contribution in [0, 0.1) is 0 Å². The Morgan fingerprint density at radius 3 is 2.34 bits per heavy atom.